The van der Waals surface area contributed by atoms with Crippen LogP contribution in [0.4, 0.5) is 0 Å². The maximum Gasteiger partial charge on any atom is 0.244 e. The van der Waals surface area contributed by atoms with E-state index in [0.717, 1.165) is 12.8 Å². The minimum absolute atomic E-state index is 0.0178. The van der Waals surface area contributed by atoms with E-state index in [-0.39, 0.29) is 24.2 Å². The highest BCUT2D eigenvalue weighted by molar-refractivity contribution is 5.99. The molecule has 1 aliphatic rings. The quantitative estimate of drug-likeness (QED) is 0.726. The van der Waals surface area contributed by atoms with Gasteiger partial charge >= 0.3 is 0 Å². The van der Waals surface area contributed by atoms with Crippen LogP contribution < -0.4 is 9.47 Å². The first-order valence-electron chi connectivity index (χ1n) is 8.48. The van der Waals surface area contributed by atoms with Crippen molar-refractivity contribution in [3.05, 3.63) is 36.4 Å². The van der Waals surface area contributed by atoms with E-state index in [1.165, 1.54) is 24.4 Å². The number of rotatable bonds is 6. The van der Waals surface area contributed by atoms with E-state index in [1.807, 2.05) is 0 Å². The van der Waals surface area contributed by atoms with Gasteiger partial charge in [0.2, 0.25) is 5.91 Å². The lowest BCUT2D eigenvalue weighted by Gasteiger charge is -2.32. The Kier molecular flexibility index (Phi) is 5.50. The number of ketones is 1. The van der Waals surface area contributed by atoms with Crippen molar-refractivity contribution in [2.24, 2.45) is 5.92 Å². The number of aromatic nitrogens is 3. The van der Waals surface area contributed by atoms with Crippen molar-refractivity contribution in [3.8, 4) is 11.5 Å². The fourth-order valence-electron chi connectivity index (χ4n) is 3.20. The number of amides is 1. The number of carbonyl (C=O) groups is 2. The van der Waals surface area contributed by atoms with Crippen LogP contribution in [-0.2, 0) is 11.3 Å². The highest BCUT2D eigenvalue weighted by Crippen LogP contribution is 2.30. The van der Waals surface area contributed by atoms with Gasteiger partial charge in [-0.3, -0.25) is 9.59 Å². The summed E-state index contributed by atoms with van der Waals surface area (Å²) >= 11 is 0. The molecule has 0 radical (unpaired) electrons. The molecular weight excluding hydrogens is 336 g/mol. The van der Waals surface area contributed by atoms with Gasteiger partial charge in [0, 0.05) is 24.6 Å². The van der Waals surface area contributed by atoms with Crippen LogP contribution in [0.25, 0.3) is 0 Å². The fourth-order valence-corrected chi connectivity index (χ4v) is 3.20. The lowest BCUT2D eigenvalue weighted by molar-refractivity contribution is -0.133. The predicted octanol–water partition coefficient (Wildman–Crippen LogP) is 1.42. The lowest BCUT2D eigenvalue weighted by atomic mass is 9.90. The van der Waals surface area contributed by atoms with E-state index >= 15 is 0 Å². The number of piperidine rings is 1. The first-order valence-corrected chi connectivity index (χ1v) is 8.48. The zero-order valence-corrected chi connectivity index (χ0v) is 14.9. The molecular formula is C18H22N4O4. The minimum atomic E-state index is -0.221. The predicted molar refractivity (Wildman–Crippen MR) is 93.2 cm³/mol. The third-order valence-electron chi connectivity index (χ3n) is 4.58. The molecule has 1 atom stereocenters. The second-order valence-electron chi connectivity index (χ2n) is 6.21. The number of carbonyl (C=O) groups excluding carboxylic acids is 2. The molecule has 1 aromatic carbocycles. The highest BCUT2D eigenvalue weighted by Gasteiger charge is 2.29. The Bertz CT molecular complexity index is 776. The lowest BCUT2D eigenvalue weighted by Crippen LogP contribution is -2.43. The van der Waals surface area contributed by atoms with Gasteiger partial charge in [0.1, 0.15) is 19.2 Å². The molecule has 1 fully saturated rings. The summed E-state index contributed by atoms with van der Waals surface area (Å²) in [7, 11) is 3.09. The van der Waals surface area contributed by atoms with Gasteiger partial charge in [0.15, 0.2) is 17.3 Å². The van der Waals surface area contributed by atoms with E-state index in [1.54, 1.807) is 30.2 Å². The standard InChI is InChI=1S/C18H22N4O4/c1-25-15-6-5-13(8-16(15)26-2)18(24)14-4-3-7-21(9-14)17(23)10-22-12-19-11-20-22/h5-6,8,11-12,14H,3-4,7,9-10H2,1-2H3/t14-/m1/s1. The molecule has 0 saturated carbocycles. The Morgan fingerprint density at radius 1 is 1.23 bits per heavy atom. The fraction of sp³-hybridized carbons (Fsp3) is 0.444. The number of methoxy groups -OCH3 is 2. The van der Waals surface area contributed by atoms with Crippen molar-refractivity contribution < 1.29 is 19.1 Å². The highest BCUT2D eigenvalue weighted by atomic mass is 16.5. The second kappa shape index (κ2) is 7.99. The summed E-state index contributed by atoms with van der Waals surface area (Å²) in [6, 6.07) is 5.15. The first-order chi connectivity index (χ1) is 12.6. The average molecular weight is 358 g/mol. The van der Waals surface area contributed by atoms with Crippen LogP contribution >= 0.6 is 0 Å². The molecule has 26 heavy (non-hydrogen) atoms. The van der Waals surface area contributed by atoms with Crippen molar-refractivity contribution >= 4 is 11.7 Å². The maximum atomic E-state index is 12.9. The molecule has 2 heterocycles. The molecule has 0 N–H and O–H groups in total. The smallest absolute Gasteiger partial charge is 0.244 e. The maximum absolute atomic E-state index is 12.9. The molecule has 0 bridgehead atoms. The molecule has 1 aliphatic heterocycles. The van der Waals surface area contributed by atoms with Crippen LogP contribution in [-0.4, -0.2) is 58.7 Å². The van der Waals surface area contributed by atoms with Crippen LogP contribution in [0.3, 0.4) is 0 Å². The molecule has 0 aliphatic carbocycles. The van der Waals surface area contributed by atoms with Crippen molar-refractivity contribution in [3.63, 3.8) is 0 Å². The average Bonchev–Trinajstić information content (AvgIpc) is 3.19. The van der Waals surface area contributed by atoms with Gasteiger partial charge < -0.3 is 14.4 Å². The summed E-state index contributed by atoms with van der Waals surface area (Å²) in [6.07, 6.45) is 4.47. The number of Topliss-reactive ketones (excluding diaryl/α,β-unsaturated/α-hetero) is 1. The van der Waals surface area contributed by atoms with Gasteiger partial charge in [0.25, 0.3) is 0 Å². The molecule has 2 aromatic rings. The van der Waals surface area contributed by atoms with Crippen molar-refractivity contribution in [1.29, 1.82) is 0 Å². The van der Waals surface area contributed by atoms with Crippen LogP contribution in [0.2, 0.25) is 0 Å². The van der Waals surface area contributed by atoms with Crippen molar-refractivity contribution in [1.82, 2.24) is 19.7 Å². The van der Waals surface area contributed by atoms with E-state index in [0.29, 0.717) is 30.2 Å². The zero-order valence-electron chi connectivity index (χ0n) is 14.9. The monoisotopic (exact) mass is 358 g/mol. The number of hydrogen-bond acceptors (Lipinski definition) is 6. The molecule has 8 nitrogen and oxygen atoms in total. The molecule has 8 heteroatoms. The number of hydrogen-bond donors (Lipinski definition) is 0. The molecule has 0 spiro atoms. The Morgan fingerprint density at radius 2 is 2.04 bits per heavy atom. The van der Waals surface area contributed by atoms with Crippen LogP contribution in [0.5, 0.6) is 11.5 Å². The van der Waals surface area contributed by atoms with E-state index in [4.69, 9.17) is 9.47 Å². The first kappa shape index (κ1) is 17.9. The third kappa shape index (κ3) is 3.84. The zero-order chi connectivity index (χ0) is 18.5. The van der Waals surface area contributed by atoms with E-state index in [2.05, 4.69) is 10.1 Å². The number of nitrogens with zero attached hydrogens (tertiary/aromatic N) is 4. The van der Waals surface area contributed by atoms with Crippen LogP contribution in [0.15, 0.2) is 30.9 Å². The van der Waals surface area contributed by atoms with Gasteiger partial charge in [0.05, 0.1) is 14.2 Å². The summed E-state index contributed by atoms with van der Waals surface area (Å²) < 4.78 is 12.0. The summed E-state index contributed by atoms with van der Waals surface area (Å²) in [5.74, 6) is 0.844. The van der Waals surface area contributed by atoms with Gasteiger partial charge in [-0.2, -0.15) is 5.10 Å². The summed E-state index contributed by atoms with van der Waals surface area (Å²) in [4.78, 5) is 30.9. The third-order valence-corrected chi connectivity index (χ3v) is 4.58. The minimum Gasteiger partial charge on any atom is -0.493 e. The SMILES string of the molecule is COc1ccc(C(=O)[C@@H]2CCCN(C(=O)Cn3cncn3)C2)cc1OC. The van der Waals surface area contributed by atoms with Gasteiger partial charge in [-0.05, 0) is 31.0 Å². The summed E-state index contributed by atoms with van der Waals surface area (Å²) in [5.41, 5.74) is 0.568. The Balaban J connectivity index is 1.68. The van der Waals surface area contributed by atoms with E-state index < -0.39 is 0 Å². The number of likely N-dealkylation sites (tertiary alicyclic amines) is 1. The van der Waals surface area contributed by atoms with Crippen LogP contribution in [0.1, 0.15) is 23.2 Å². The van der Waals surface area contributed by atoms with Gasteiger partial charge in [-0.15, -0.1) is 0 Å². The second-order valence-corrected chi connectivity index (χ2v) is 6.21. The number of benzene rings is 1. The van der Waals surface area contributed by atoms with Crippen molar-refractivity contribution in [2.45, 2.75) is 19.4 Å². The molecule has 138 valence electrons. The molecule has 3 rings (SSSR count). The number of ether oxygens (including phenoxy) is 2. The molecule has 0 unspecified atom stereocenters. The normalized spacial score (nSPS) is 17.0. The molecule has 1 amide bonds. The topological polar surface area (TPSA) is 86.6 Å². The summed E-state index contributed by atoms with van der Waals surface area (Å²) in [6.45, 7) is 1.21. The molecule has 1 saturated heterocycles. The van der Waals surface area contributed by atoms with Gasteiger partial charge in [-0.25, -0.2) is 9.67 Å². The van der Waals surface area contributed by atoms with Crippen molar-refractivity contribution in [2.75, 3.05) is 27.3 Å². The largest absolute Gasteiger partial charge is 0.493 e. The summed E-state index contributed by atoms with van der Waals surface area (Å²) in [5, 5.41) is 3.95. The Hall–Kier alpha value is -2.90. The van der Waals surface area contributed by atoms with Crippen LogP contribution in [0, 0.1) is 5.92 Å². The van der Waals surface area contributed by atoms with Gasteiger partial charge in [-0.1, -0.05) is 0 Å². The van der Waals surface area contributed by atoms with E-state index in [9.17, 15) is 9.59 Å². The Morgan fingerprint density at radius 3 is 2.73 bits per heavy atom. The molecule has 1 aromatic heterocycles. The Labute approximate surface area is 151 Å².